The van der Waals surface area contributed by atoms with Crippen LogP contribution in [0.3, 0.4) is 0 Å². The fraction of sp³-hybridized carbons (Fsp3) is 0.722. The van der Waals surface area contributed by atoms with E-state index in [1.807, 2.05) is 11.0 Å². The van der Waals surface area contributed by atoms with Crippen molar-refractivity contribution in [1.82, 2.24) is 19.8 Å². The second-order valence-electron chi connectivity index (χ2n) is 7.14. The number of ether oxygens (including phenoxy) is 1. The van der Waals surface area contributed by atoms with E-state index in [1.165, 1.54) is 12.8 Å². The fourth-order valence-corrected chi connectivity index (χ4v) is 3.48. The molecule has 3 heterocycles. The van der Waals surface area contributed by atoms with Gasteiger partial charge in [0.2, 0.25) is 5.91 Å². The average molecular weight is 332 g/mol. The van der Waals surface area contributed by atoms with Crippen molar-refractivity contribution in [2.45, 2.75) is 26.2 Å². The van der Waals surface area contributed by atoms with Gasteiger partial charge >= 0.3 is 0 Å². The summed E-state index contributed by atoms with van der Waals surface area (Å²) < 4.78 is 5.71. The van der Waals surface area contributed by atoms with E-state index in [4.69, 9.17) is 4.74 Å². The summed E-state index contributed by atoms with van der Waals surface area (Å²) in [5, 5.41) is 0. The Hall–Kier alpha value is -1.53. The minimum Gasteiger partial charge on any atom is -0.379 e. The van der Waals surface area contributed by atoms with E-state index in [1.54, 1.807) is 12.5 Å². The lowest BCUT2D eigenvalue weighted by molar-refractivity contribution is -0.133. The van der Waals surface area contributed by atoms with Crippen molar-refractivity contribution >= 4 is 5.91 Å². The van der Waals surface area contributed by atoms with Crippen molar-refractivity contribution in [1.29, 1.82) is 0 Å². The van der Waals surface area contributed by atoms with Crippen LogP contribution in [-0.4, -0.2) is 71.6 Å². The Morgan fingerprint density at radius 2 is 2.17 bits per heavy atom. The van der Waals surface area contributed by atoms with Crippen LogP contribution in [0.4, 0.5) is 0 Å². The first-order chi connectivity index (χ1) is 11.7. The number of aromatic nitrogens is 2. The molecule has 3 rings (SSSR count). The van der Waals surface area contributed by atoms with E-state index >= 15 is 0 Å². The molecule has 2 saturated heterocycles. The fourth-order valence-electron chi connectivity index (χ4n) is 3.48. The zero-order valence-electron chi connectivity index (χ0n) is 14.6. The van der Waals surface area contributed by atoms with Crippen LogP contribution in [0.2, 0.25) is 0 Å². The number of hydrogen-bond donors (Lipinski definition) is 0. The van der Waals surface area contributed by atoms with E-state index < -0.39 is 0 Å². The lowest BCUT2D eigenvalue weighted by Gasteiger charge is -2.32. The van der Waals surface area contributed by atoms with Gasteiger partial charge in [-0.2, -0.15) is 0 Å². The molecule has 132 valence electrons. The standard InChI is InChI=1S/C18H28N4O2/c1-15-3-6-21(7-4-15)12-18(23)22-8-9-24-13-16(11-22)10-17-2-5-19-14-20-17/h2,5,14-16H,3-4,6-13H2,1H3. The molecule has 0 spiro atoms. The molecule has 2 aliphatic heterocycles. The molecule has 0 aromatic carbocycles. The summed E-state index contributed by atoms with van der Waals surface area (Å²) in [5.74, 6) is 1.33. The maximum atomic E-state index is 12.7. The Morgan fingerprint density at radius 1 is 1.33 bits per heavy atom. The summed E-state index contributed by atoms with van der Waals surface area (Å²) in [4.78, 5) is 25.2. The predicted molar refractivity (Wildman–Crippen MR) is 91.5 cm³/mol. The maximum Gasteiger partial charge on any atom is 0.236 e. The van der Waals surface area contributed by atoms with Gasteiger partial charge in [0.25, 0.3) is 0 Å². The summed E-state index contributed by atoms with van der Waals surface area (Å²) in [7, 11) is 0. The second kappa shape index (κ2) is 8.53. The summed E-state index contributed by atoms with van der Waals surface area (Å²) >= 11 is 0. The Morgan fingerprint density at radius 3 is 2.92 bits per heavy atom. The summed E-state index contributed by atoms with van der Waals surface area (Å²) in [6.07, 6.45) is 6.57. The number of hydrogen-bond acceptors (Lipinski definition) is 5. The van der Waals surface area contributed by atoms with Gasteiger partial charge in [-0.15, -0.1) is 0 Å². The van der Waals surface area contributed by atoms with E-state index in [0.29, 0.717) is 32.2 Å². The molecule has 0 aliphatic carbocycles. The van der Waals surface area contributed by atoms with Crippen LogP contribution in [0.25, 0.3) is 0 Å². The molecule has 1 unspecified atom stereocenters. The molecule has 6 nitrogen and oxygen atoms in total. The highest BCUT2D eigenvalue weighted by Gasteiger charge is 2.25. The third kappa shape index (κ3) is 4.98. The second-order valence-corrected chi connectivity index (χ2v) is 7.14. The highest BCUT2D eigenvalue weighted by atomic mass is 16.5. The highest BCUT2D eigenvalue weighted by molar-refractivity contribution is 5.78. The van der Waals surface area contributed by atoms with Crippen molar-refractivity contribution in [2.75, 3.05) is 45.9 Å². The van der Waals surface area contributed by atoms with Crippen LogP contribution in [0.1, 0.15) is 25.5 Å². The van der Waals surface area contributed by atoms with Crippen LogP contribution in [0.15, 0.2) is 18.6 Å². The Labute approximate surface area is 144 Å². The molecule has 0 bridgehead atoms. The smallest absolute Gasteiger partial charge is 0.236 e. The van der Waals surface area contributed by atoms with Gasteiger partial charge in [-0.05, 0) is 44.3 Å². The van der Waals surface area contributed by atoms with Crippen molar-refractivity contribution in [2.24, 2.45) is 11.8 Å². The van der Waals surface area contributed by atoms with Gasteiger partial charge in [-0.1, -0.05) is 6.92 Å². The number of likely N-dealkylation sites (tertiary alicyclic amines) is 1. The molecule has 1 amide bonds. The highest BCUT2D eigenvalue weighted by Crippen LogP contribution is 2.17. The first kappa shape index (κ1) is 17.3. The van der Waals surface area contributed by atoms with Crippen molar-refractivity contribution in [3.05, 3.63) is 24.3 Å². The van der Waals surface area contributed by atoms with Crippen LogP contribution >= 0.6 is 0 Å². The molecule has 1 aromatic rings. The monoisotopic (exact) mass is 332 g/mol. The van der Waals surface area contributed by atoms with Crippen LogP contribution in [0.5, 0.6) is 0 Å². The lowest BCUT2D eigenvalue weighted by atomic mass is 9.99. The molecule has 1 aromatic heterocycles. The Balaban J connectivity index is 1.53. The van der Waals surface area contributed by atoms with Gasteiger partial charge in [0.15, 0.2) is 0 Å². The Bertz CT molecular complexity index is 517. The van der Waals surface area contributed by atoms with Gasteiger partial charge in [0.05, 0.1) is 19.8 Å². The van der Waals surface area contributed by atoms with E-state index in [9.17, 15) is 4.79 Å². The quantitative estimate of drug-likeness (QED) is 0.830. The molecule has 2 fully saturated rings. The first-order valence-electron chi connectivity index (χ1n) is 9.03. The molecule has 0 N–H and O–H groups in total. The summed E-state index contributed by atoms with van der Waals surface area (Å²) in [6.45, 7) is 7.70. The molecular formula is C18H28N4O2. The number of nitrogens with zero attached hydrogens (tertiary/aromatic N) is 4. The van der Waals surface area contributed by atoms with Crippen molar-refractivity contribution < 1.29 is 9.53 Å². The minimum atomic E-state index is 0.239. The van der Waals surface area contributed by atoms with Crippen molar-refractivity contribution in [3.63, 3.8) is 0 Å². The van der Waals surface area contributed by atoms with E-state index in [2.05, 4.69) is 21.8 Å². The maximum absolute atomic E-state index is 12.7. The summed E-state index contributed by atoms with van der Waals surface area (Å²) in [6, 6.07) is 1.94. The first-order valence-corrected chi connectivity index (χ1v) is 9.03. The lowest BCUT2D eigenvalue weighted by Crippen LogP contribution is -2.45. The molecule has 2 aliphatic rings. The predicted octanol–water partition coefficient (Wildman–Crippen LogP) is 1.23. The third-order valence-electron chi connectivity index (χ3n) is 5.07. The zero-order chi connectivity index (χ0) is 16.8. The molecule has 0 saturated carbocycles. The molecular weight excluding hydrogens is 304 g/mol. The SMILES string of the molecule is CC1CCN(CC(=O)N2CCOCC(Cc3ccncn3)C2)CC1. The molecule has 0 radical (unpaired) electrons. The van der Waals surface area contributed by atoms with Crippen LogP contribution < -0.4 is 0 Å². The number of carbonyl (C=O) groups is 1. The topological polar surface area (TPSA) is 58.6 Å². The van der Waals surface area contributed by atoms with Crippen molar-refractivity contribution in [3.8, 4) is 0 Å². The zero-order valence-corrected chi connectivity index (χ0v) is 14.6. The normalized spacial score (nSPS) is 23.9. The number of carbonyl (C=O) groups excluding carboxylic acids is 1. The van der Waals surface area contributed by atoms with Gasteiger partial charge in [-0.25, -0.2) is 9.97 Å². The van der Waals surface area contributed by atoms with E-state index in [-0.39, 0.29) is 5.91 Å². The molecule has 24 heavy (non-hydrogen) atoms. The van der Waals surface area contributed by atoms with Gasteiger partial charge in [-0.3, -0.25) is 9.69 Å². The average Bonchev–Trinajstić information content (AvgIpc) is 2.83. The third-order valence-corrected chi connectivity index (χ3v) is 5.07. The van der Waals surface area contributed by atoms with Gasteiger partial charge < -0.3 is 9.64 Å². The number of piperidine rings is 1. The van der Waals surface area contributed by atoms with Crippen LogP contribution in [0, 0.1) is 11.8 Å². The van der Waals surface area contributed by atoms with E-state index in [0.717, 1.165) is 37.7 Å². The van der Waals surface area contributed by atoms with Gasteiger partial charge in [0, 0.05) is 30.9 Å². The largest absolute Gasteiger partial charge is 0.379 e. The number of rotatable bonds is 4. The minimum absolute atomic E-state index is 0.239. The summed E-state index contributed by atoms with van der Waals surface area (Å²) in [5.41, 5.74) is 1.01. The van der Waals surface area contributed by atoms with Crippen LogP contribution in [-0.2, 0) is 16.0 Å². The number of amides is 1. The Kier molecular flexibility index (Phi) is 6.15. The van der Waals surface area contributed by atoms with Gasteiger partial charge in [0.1, 0.15) is 6.33 Å². The molecule has 6 heteroatoms. The molecule has 1 atom stereocenters.